The van der Waals surface area contributed by atoms with Crippen molar-refractivity contribution < 1.29 is 31.2 Å². The molecule has 0 saturated heterocycles. The standard InChI is InChI=1S/C15H30F4O3Si2/c1-12(2,3)23(7,8)21-14(16,17)11(20)15(18,19)22-24(9,10)13(4,5)6/h1-10H3. The molecule has 144 valence electrons. The molecule has 0 aliphatic rings. The molecule has 0 amide bonds. The zero-order valence-electron chi connectivity index (χ0n) is 16.2. The van der Waals surface area contributed by atoms with Gasteiger partial charge in [-0.2, -0.15) is 17.6 Å². The van der Waals surface area contributed by atoms with E-state index in [4.69, 9.17) is 0 Å². The van der Waals surface area contributed by atoms with Crippen LogP contribution in [0.25, 0.3) is 0 Å². The van der Waals surface area contributed by atoms with E-state index in [2.05, 4.69) is 8.85 Å². The summed E-state index contributed by atoms with van der Waals surface area (Å²) in [5.74, 6) is -2.63. The molecule has 0 bridgehead atoms. The van der Waals surface area contributed by atoms with Crippen LogP contribution in [0.5, 0.6) is 0 Å². The normalized spacial score (nSPS) is 15.6. The van der Waals surface area contributed by atoms with E-state index in [-0.39, 0.29) is 0 Å². The molecule has 3 nitrogen and oxygen atoms in total. The number of alkyl halides is 4. The predicted molar refractivity (Wildman–Crippen MR) is 91.5 cm³/mol. The van der Waals surface area contributed by atoms with E-state index in [0.717, 1.165) is 0 Å². The van der Waals surface area contributed by atoms with Gasteiger partial charge in [-0.05, 0) is 36.3 Å². The van der Waals surface area contributed by atoms with E-state index in [0.29, 0.717) is 0 Å². The van der Waals surface area contributed by atoms with Crippen molar-refractivity contribution in [2.24, 2.45) is 0 Å². The fourth-order valence-electron chi connectivity index (χ4n) is 1.21. The van der Waals surface area contributed by atoms with Crippen LogP contribution in [0.15, 0.2) is 0 Å². The Labute approximate surface area is 144 Å². The highest BCUT2D eigenvalue weighted by Gasteiger charge is 2.62. The SMILES string of the molecule is CC(C)(C)[Si](C)(C)OC(F)(F)C(=O)C(F)(F)O[Si](C)(C)C(C)(C)C. The molecular formula is C15H30F4O3Si2. The summed E-state index contributed by atoms with van der Waals surface area (Å²) >= 11 is 0. The molecule has 0 heterocycles. The number of hydrogen-bond donors (Lipinski definition) is 0. The van der Waals surface area contributed by atoms with Crippen molar-refractivity contribution in [1.29, 1.82) is 0 Å². The molecule has 0 fully saturated rings. The topological polar surface area (TPSA) is 35.5 Å². The Kier molecular flexibility index (Phi) is 6.41. The first-order chi connectivity index (χ1) is 10.1. The number of rotatable bonds is 6. The molecule has 24 heavy (non-hydrogen) atoms. The Morgan fingerprint density at radius 3 is 1.04 bits per heavy atom. The van der Waals surface area contributed by atoms with E-state index in [1.165, 1.54) is 26.2 Å². The Morgan fingerprint density at radius 1 is 0.667 bits per heavy atom. The van der Waals surface area contributed by atoms with Crippen LogP contribution in [-0.2, 0) is 13.6 Å². The highest BCUT2D eigenvalue weighted by Crippen LogP contribution is 2.44. The largest absolute Gasteiger partial charge is 0.416 e. The van der Waals surface area contributed by atoms with Gasteiger partial charge < -0.3 is 8.85 Å². The number of ketones is 1. The molecule has 0 unspecified atom stereocenters. The van der Waals surface area contributed by atoms with Crippen LogP contribution in [-0.4, -0.2) is 34.6 Å². The van der Waals surface area contributed by atoms with Crippen LogP contribution in [0.3, 0.4) is 0 Å². The summed E-state index contributed by atoms with van der Waals surface area (Å²) in [6.45, 7) is 15.9. The third-order valence-corrected chi connectivity index (χ3v) is 13.7. The van der Waals surface area contributed by atoms with Crippen LogP contribution >= 0.6 is 0 Å². The van der Waals surface area contributed by atoms with Gasteiger partial charge >= 0.3 is 18.0 Å². The number of halogens is 4. The Hall–Kier alpha value is -0.256. The predicted octanol–water partition coefficient (Wildman–Crippen LogP) is 5.78. The minimum absolute atomic E-state index is 0.660. The van der Waals surface area contributed by atoms with E-state index in [1.54, 1.807) is 41.5 Å². The van der Waals surface area contributed by atoms with Gasteiger partial charge in [0.1, 0.15) is 0 Å². The van der Waals surface area contributed by atoms with Gasteiger partial charge in [-0.15, -0.1) is 0 Å². The van der Waals surface area contributed by atoms with Crippen LogP contribution in [0.2, 0.25) is 36.3 Å². The summed E-state index contributed by atoms with van der Waals surface area (Å²) in [7, 11) is -6.25. The van der Waals surface area contributed by atoms with E-state index >= 15 is 0 Å². The molecule has 0 aromatic carbocycles. The molecule has 0 atom stereocenters. The Bertz CT molecular complexity index is 436. The molecule has 0 rings (SSSR count). The zero-order valence-corrected chi connectivity index (χ0v) is 18.2. The molecular weight excluding hydrogens is 360 g/mol. The lowest BCUT2D eigenvalue weighted by molar-refractivity contribution is -0.248. The number of carbonyl (C=O) groups excluding carboxylic acids is 1. The second-order valence-electron chi connectivity index (χ2n) is 9.09. The highest BCUT2D eigenvalue weighted by atomic mass is 28.4. The zero-order chi connectivity index (χ0) is 20.0. The lowest BCUT2D eigenvalue weighted by atomic mass is 10.2. The Morgan fingerprint density at radius 2 is 0.875 bits per heavy atom. The van der Waals surface area contributed by atoms with Crippen molar-refractivity contribution in [2.45, 2.75) is 90.0 Å². The van der Waals surface area contributed by atoms with Gasteiger partial charge in [0.25, 0.3) is 0 Å². The first-order valence-electron chi connectivity index (χ1n) is 7.78. The van der Waals surface area contributed by atoms with Crippen LogP contribution in [0.1, 0.15) is 41.5 Å². The van der Waals surface area contributed by atoms with Gasteiger partial charge in [-0.25, -0.2) is 0 Å². The maximum absolute atomic E-state index is 14.1. The average Bonchev–Trinajstić information content (AvgIpc) is 2.21. The maximum atomic E-state index is 14.1. The summed E-state index contributed by atoms with van der Waals surface area (Å²) in [5, 5.41) is -1.32. The molecule has 0 radical (unpaired) electrons. The molecule has 0 spiro atoms. The van der Waals surface area contributed by atoms with Crippen LogP contribution in [0.4, 0.5) is 17.6 Å². The van der Waals surface area contributed by atoms with Gasteiger partial charge in [0.05, 0.1) is 0 Å². The smallest absolute Gasteiger partial charge is 0.356 e. The second kappa shape index (κ2) is 6.48. The molecule has 0 aliphatic heterocycles. The molecule has 9 heteroatoms. The van der Waals surface area contributed by atoms with Crippen molar-refractivity contribution >= 4 is 22.4 Å². The quantitative estimate of drug-likeness (QED) is 0.426. The van der Waals surface area contributed by atoms with E-state index < -0.39 is 44.7 Å². The van der Waals surface area contributed by atoms with Crippen LogP contribution in [0, 0.1) is 0 Å². The second-order valence-corrected chi connectivity index (χ2v) is 18.5. The molecule has 0 saturated carbocycles. The molecule has 0 aromatic heterocycles. The average molecular weight is 391 g/mol. The lowest BCUT2D eigenvalue weighted by Gasteiger charge is -2.41. The van der Waals surface area contributed by atoms with E-state index in [9.17, 15) is 22.4 Å². The summed E-state index contributed by atoms with van der Waals surface area (Å²) < 4.78 is 65.8. The van der Waals surface area contributed by atoms with Crippen LogP contribution < -0.4 is 0 Å². The third-order valence-electron chi connectivity index (χ3n) is 4.91. The fraction of sp³-hybridized carbons (Fsp3) is 0.933. The van der Waals surface area contributed by atoms with Gasteiger partial charge in [0.15, 0.2) is 16.6 Å². The first-order valence-corrected chi connectivity index (χ1v) is 13.6. The van der Waals surface area contributed by atoms with Crippen molar-refractivity contribution in [1.82, 2.24) is 0 Å². The van der Waals surface area contributed by atoms with E-state index in [1.807, 2.05) is 0 Å². The van der Waals surface area contributed by atoms with Crippen molar-refractivity contribution in [3.63, 3.8) is 0 Å². The number of Topliss-reactive ketones (excluding diaryl/α,β-unsaturated/α-hetero) is 1. The first kappa shape index (κ1) is 23.7. The minimum Gasteiger partial charge on any atom is -0.356 e. The summed E-state index contributed by atoms with van der Waals surface area (Å²) in [6, 6.07) is 0. The minimum atomic E-state index is -4.60. The summed E-state index contributed by atoms with van der Waals surface area (Å²) in [4.78, 5) is 11.8. The summed E-state index contributed by atoms with van der Waals surface area (Å²) in [6.07, 6.45) is -9.20. The summed E-state index contributed by atoms with van der Waals surface area (Å²) in [5.41, 5.74) is 0. The molecule has 0 aromatic rings. The molecule has 0 aliphatic carbocycles. The van der Waals surface area contributed by atoms with Crippen molar-refractivity contribution in [3.05, 3.63) is 0 Å². The van der Waals surface area contributed by atoms with Gasteiger partial charge in [-0.3, -0.25) is 4.79 Å². The van der Waals surface area contributed by atoms with Gasteiger partial charge in [-0.1, -0.05) is 41.5 Å². The molecule has 0 N–H and O–H groups in total. The number of hydrogen-bond acceptors (Lipinski definition) is 3. The van der Waals surface area contributed by atoms with Gasteiger partial charge in [0, 0.05) is 0 Å². The van der Waals surface area contributed by atoms with Crippen molar-refractivity contribution in [2.75, 3.05) is 0 Å². The highest BCUT2D eigenvalue weighted by molar-refractivity contribution is 6.74. The monoisotopic (exact) mass is 390 g/mol. The van der Waals surface area contributed by atoms with Crippen molar-refractivity contribution in [3.8, 4) is 0 Å². The Balaban J connectivity index is 5.51. The lowest BCUT2D eigenvalue weighted by Crippen LogP contribution is -2.57. The number of carbonyl (C=O) groups is 1. The maximum Gasteiger partial charge on any atom is 0.416 e. The fourth-order valence-corrected chi connectivity index (χ4v) is 3.29. The third kappa shape index (κ3) is 5.37. The van der Waals surface area contributed by atoms with Gasteiger partial charge in [0.2, 0.25) is 0 Å².